The van der Waals surface area contributed by atoms with Crippen molar-refractivity contribution in [2.45, 2.75) is 6.42 Å². The van der Waals surface area contributed by atoms with Gasteiger partial charge < -0.3 is 4.90 Å². The zero-order valence-electron chi connectivity index (χ0n) is 14.7. The Balaban J connectivity index is 0.00000261. The third-order valence-electron chi connectivity index (χ3n) is 4.62. The maximum absolute atomic E-state index is 12.3. The van der Waals surface area contributed by atoms with Gasteiger partial charge in [-0.3, -0.25) is 19.8 Å². The van der Waals surface area contributed by atoms with E-state index in [1.807, 2.05) is 24.3 Å². The van der Waals surface area contributed by atoms with Crippen molar-refractivity contribution in [3.8, 4) is 0 Å². The Hall–Kier alpha value is -2.15. The molecule has 0 N–H and O–H groups in total. The van der Waals surface area contributed by atoms with Crippen LogP contribution < -0.4 is 4.90 Å². The number of benzene rings is 2. The number of piperazine rings is 1. The number of hydrogen-bond acceptors (Lipinski definition) is 5. The molecule has 1 saturated heterocycles. The minimum absolute atomic E-state index is 0. The van der Waals surface area contributed by atoms with Crippen LogP contribution in [0.2, 0.25) is 5.02 Å². The van der Waals surface area contributed by atoms with Crippen LogP contribution in [0.5, 0.6) is 0 Å². The monoisotopic (exact) mass is 409 g/mol. The normalized spacial score (nSPS) is 14.5. The molecule has 1 fully saturated rings. The van der Waals surface area contributed by atoms with E-state index < -0.39 is 4.92 Å². The van der Waals surface area contributed by atoms with Gasteiger partial charge in [-0.2, -0.15) is 0 Å². The molecule has 1 aliphatic heterocycles. The van der Waals surface area contributed by atoms with Crippen molar-refractivity contribution in [2.75, 3.05) is 37.6 Å². The quantitative estimate of drug-likeness (QED) is 0.408. The standard InChI is InChI=1S/C19H20ClN3O3.ClH/c20-17-3-1-2-4-18(17)22-13-11-21(12-14-22)10-9-19(24)15-5-7-16(8-6-15)23(25)26;/h1-8H,9-14H2;1H. The second kappa shape index (κ2) is 9.69. The van der Waals surface area contributed by atoms with Crippen molar-refractivity contribution >= 4 is 41.2 Å². The summed E-state index contributed by atoms with van der Waals surface area (Å²) in [6, 6.07) is 13.6. The van der Waals surface area contributed by atoms with Crippen molar-refractivity contribution < 1.29 is 9.72 Å². The number of Topliss-reactive ketones (excluding diaryl/α,β-unsaturated/α-hetero) is 1. The van der Waals surface area contributed by atoms with E-state index >= 15 is 0 Å². The molecule has 1 heterocycles. The Morgan fingerprint density at radius 3 is 2.26 bits per heavy atom. The molecule has 2 aromatic carbocycles. The number of carbonyl (C=O) groups is 1. The summed E-state index contributed by atoms with van der Waals surface area (Å²) < 4.78 is 0. The summed E-state index contributed by atoms with van der Waals surface area (Å²) in [6.07, 6.45) is 0.407. The van der Waals surface area contributed by atoms with Crippen molar-refractivity contribution in [3.63, 3.8) is 0 Å². The molecule has 1 aliphatic rings. The number of hydrogen-bond donors (Lipinski definition) is 0. The first-order chi connectivity index (χ1) is 12.5. The highest BCUT2D eigenvalue weighted by atomic mass is 35.5. The van der Waals surface area contributed by atoms with E-state index in [-0.39, 0.29) is 23.9 Å². The zero-order chi connectivity index (χ0) is 18.5. The number of non-ortho nitro benzene ring substituents is 1. The van der Waals surface area contributed by atoms with Gasteiger partial charge in [-0.25, -0.2) is 0 Å². The van der Waals surface area contributed by atoms with Gasteiger partial charge in [-0.05, 0) is 24.3 Å². The lowest BCUT2D eigenvalue weighted by atomic mass is 10.1. The van der Waals surface area contributed by atoms with E-state index in [1.165, 1.54) is 24.3 Å². The van der Waals surface area contributed by atoms with Crippen molar-refractivity contribution in [1.82, 2.24) is 4.90 Å². The molecule has 27 heavy (non-hydrogen) atoms. The van der Waals surface area contributed by atoms with Crippen LogP contribution in [-0.2, 0) is 0 Å². The number of rotatable bonds is 6. The number of halogens is 2. The summed E-state index contributed by atoms with van der Waals surface area (Å²) in [4.78, 5) is 27.0. The third-order valence-corrected chi connectivity index (χ3v) is 4.94. The van der Waals surface area contributed by atoms with Crippen molar-refractivity contribution in [1.29, 1.82) is 0 Å². The number of para-hydroxylation sites is 1. The average Bonchev–Trinajstić information content (AvgIpc) is 2.67. The topological polar surface area (TPSA) is 66.7 Å². The predicted molar refractivity (Wildman–Crippen MR) is 109 cm³/mol. The Kier molecular flexibility index (Phi) is 7.59. The van der Waals surface area contributed by atoms with Gasteiger partial charge in [0, 0.05) is 56.8 Å². The van der Waals surface area contributed by atoms with Crippen LogP contribution in [0.1, 0.15) is 16.8 Å². The molecule has 0 aliphatic carbocycles. The first-order valence-electron chi connectivity index (χ1n) is 8.54. The van der Waals surface area contributed by atoms with Gasteiger partial charge >= 0.3 is 0 Å². The molecule has 0 saturated carbocycles. The van der Waals surface area contributed by atoms with Gasteiger partial charge in [0.05, 0.1) is 15.6 Å². The zero-order valence-corrected chi connectivity index (χ0v) is 16.3. The van der Waals surface area contributed by atoms with E-state index in [0.717, 1.165) is 36.9 Å². The molecule has 0 bridgehead atoms. The van der Waals surface area contributed by atoms with E-state index in [9.17, 15) is 14.9 Å². The highest BCUT2D eigenvalue weighted by Gasteiger charge is 2.19. The number of nitro groups is 1. The highest BCUT2D eigenvalue weighted by molar-refractivity contribution is 6.33. The average molecular weight is 410 g/mol. The summed E-state index contributed by atoms with van der Waals surface area (Å²) in [5, 5.41) is 11.4. The SMILES string of the molecule is Cl.O=C(CCN1CCN(c2ccccc2Cl)CC1)c1ccc([N+](=O)[O-])cc1. The molecule has 0 spiro atoms. The number of anilines is 1. The summed E-state index contributed by atoms with van der Waals surface area (Å²) in [7, 11) is 0. The molecule has 0 radical (unpaired) electrons. The lowest BCUT2D eigenvalue weighted by Crippen LogP contribution is -2.47. The minimum Gasteiger partial charge on any atom is -0.368 e. The Morgan fingerprint density at radius 1 is 1.04 bits per heavy atom. The molecule has 0 aromatic heterocycles. The van der Waals surface area contributed by atoms with E-state index in [1.54, 1.807) is 0 Å². The van der Waals surface area contributed by atoms with Crippen molar-refractivity contribution in [3.05, 3.63) is 69.2 Å². The van der Waals surface area contributed by atoms with Gasteiger partial charge in [0.25, 0.3) is 5.69 Å². The summed E-state index contributed by atoms with van der Waals surface area (Å²) in [6.45, 7) is 4.18. The number of carbonyl (C=O) groups excluding carboxylic acids is 1. The van der Waals surface area contributed by atoms with Crippen LogP contribution in [0.3, 0.4) is 0 Å². The maximum Gasteiger partial charge on any atom is 0.269 e. The first kappa shape index (κ1) is 21.2. The van der Waals surface area contributed by atoms with Gasteiger partial charge in [0.15, 0.2) is 5.78 Å². The minimum atomic E-state index is -0.466. The van der Waals surface area contributed by atoms with Crippen LogP contribution in [0, 0.1) is 10.1 Å². The molecular weight excluding hydrogens is 389 g/mol. The number of ketones is 1. The second-order valence-corrected chi connectivity index (χ2v) is 6.66. The van der Waals surface area contributed by atoms with Crippen LogP contribution >= 0.6 is 24.0 Å². The summed E-state index contributed by atoms with van der Waals surface area (Å²) in [5.41, 5.74) is 1.57. The molecule has 0 atom stereocenters. The summed E-state index contributed by atoms with van der Waals surface area (Å²) in [5.74, 6) is 0.00781. The fraction of sp³-hybridized carbons (Fsp3) is 0.316. The lowest BCUT2D eigenvalue weighted by molar-refractivity contribution is -0.384. The number of nitrogens with zero attached hydrogens (tertiary/aromatic N) is 3. The Bertz CT molecular complexity index is 791. The summed E-state index contributed by atoms with van der Waals surface area (Å²) >= 11 is 6.25. The molecule has 2 aromatic rings. The van der Waals surface area contributed by atoms with Crippen LogP contribution in [0.15, 0.2) is 48.5 Å². The molecular formula is C19H21Cl2N3O3. The first-order valence-corrected chi connectivity index (χ1v) is 8.92. The van der Waals surface area contributed by atoms with E-state index in [2.05, 4.69) is 9.80 Å². The van der Waals surface area contributed by atoms with Gasteiger partial charge in [0.1, 0.15) is 0 Å². The molecule has 6 nitrogen and oxygen atoms in total. The van der Waals surface area contributed by atoms with Gasteiger partial charge in [-0.15, -0.1) is 12.4 Å². The molecule has 0 amide bonds. The fourth-order valence-corrected chi connectivity index (χ4v) is 3.35. The Labute approximate surface area is 169 Å². The van der Waals surface area contributed by atoms with Crippen LogP contribution in [-0.4, -0.2) is 48.3 Å². The molecule has 0 unspecified atom stereocenters. The van der Waals surface area contributed by atoms with E-state index in [0.29, 0.717) is 18.5 Å². The van der Waals surface area contributed by atoms with Gasteiger partial charge in [-0.1, -0.05) is 23.7 Å². The largest absolute Gasteiger partial charge is 0.368 e. The maximum atomic E-state index is 12.3. The third kappa shape index (κ3) is 5.42. The van der Waals surface area contributed by atoms with Crippen molar-refractivity contribution in [2.24, 2.45) is 0 Å². The fourth-order valence-electron chi connectivity index (χ4n) is 3.09. The Morgan fingerprint density at radius 2 is 1.67 bits per heavy atom. The van der Waals surface area contributed by atoms with Crippen LogP contribution in [0.4, 0.5) is 11.4 Å². The molecule has 8 heteroatoms. The molecule has 144 valence electrons. The molecule has 3 rings (SSSR count). The smallest absolute Gasteiger partial charge is 0.269 e. The number of nitro benzene ring substituents is 1. The lowest BCUT2D eigenvalue weighted by Gasteiger charge is -2.36. The van der Waals surface area contributed by atoms with E-state index in [4.69, 9.17) is 11.6 Å². The second-order valence-electron chi connectivity index (χ2n) is 6.26. The highest BCUT2D eigenvalue weighted by Crippen LogP contribution is 2.26. The van der Waals surface area contributed by atoms with Gasteiger partial charge in [0.2, 0.25) is 0 Å². The predicted octanol–water partition coefficient (Wildman–Crippen LogP) is 4.07. The van der Waals surface area contributed by atoms with Crippen LogP contribution in [0.25, 0.3) is 0 Å².